The van der Waals surface area contributed by atoms with Crippen molar-refractivity contribution in [2.24, 2.45) is 5.41 Å². The molecule has 1 aliphatic rings. The van der Waals surface area contributed by atoms with Gasteiger partial charge in [0.2, 0.25) is 0 Å². The maximum atomic E-state index is 12.7. The zero-order chi connectivity index (χ0) is 18.2. The maximum absolute atomic E-state index is 12.7. The summed E-state index contributed by atoms with van der Waals surface area (Å²) in [4.78, 5) is 33.4. The van der Waals surface area contributed by atoms with Crippen molar-refractivity contribution in [3.05, 3.63) is 34.2 Å². The highest BCUT2D eigenvalue weighted by atomic mass is 16.3. The third-order valence-electron chi connectivity index (χ3n) is 4.85. The quantitative estimate of drug-likeness (QED) is 0.774. The number of β-amino-alcohol motifs (C(OH)–C–C–N with tert-alkyl or cyclic N) is 1. The highest BCUT2D eigenvalue weighted by Gasteiger charge is 2.28. The number of hydrogen-bond donors (Lipinski definition) is 3. The van der Waals surface area contributed by atoms with Crippen LogP contribution in [0.2, 0.25) is 0 Å². The van der Waals surface area contributed by atoms with E-state index in [1.165, 1.54) is 0 Å². The van der Waals surface area contributed by atoms with Crippen LogP contribution in [0.1, 0.15) is 31.1 Å². The van der Waals surface area contributed by atoms with Crippen LogP contribution in [0.15, 0.2) is 23.0 Å². The van der Waals surface area contributed by atoms with E-state index in [4.69, 9.17) is 0 Å². The molecule has 1 fully saturated rings. The van der Waals surface area contributed by atoms with Crippen molar-refractivity contribution in [3.8, 4) is 0 Å². The Kier molecular flexibility index (Phi) is 4.71. The number of benzene rings is 1. The Labute approximate surface area is 146 Å². The fourth-order valence-corrected chi connectivity index (χ4v) is 3.00. The van der Waals surface area contributed by atoms with Crippen LogP contribution in [-0.2, 0) is 0 Å². The van der Waals surface area contributed by atoms with E-state index < -0.39 is 0 Å². The molecule has 1 aromatic carbocycles. The van der Waals surface area contributed by atoms with E-state index in [9.17, 15) is 14.7 Å². The monoisotopic (exact) mass is 346 g/mol. The lowest BCUT2D eigenvalue weighted by atomic mass is 9.89. The minimum absolute atomic E-state index is 0.0278. The molecule has 1 aromatic heterocycles. The number of piperazine rings is 1. The first-order valence-corrected chi connectivity index (χ1v) is 8.66. The third-order valence-corrected chi connectivity index (χ3v) is 4.85. The lowest BCUT2D eigenvalue weighted by molar-refractivity contribution is 0.0137. The summed E-state index contributed by atoms with van der Waals surface area (Å²) in [6.07, 6.45) is -0.387. The van der Waals surface area contributed by atoms with Crippen LogP contribution in [0.4, 0.5) is 0 Å². The number of aromatic amines is 2. The average molecular weight is 346 g/mol. The van der Waals surface area contributed by atoms with Crippen LogP contribution < -0.4 is 5.69 Å². The molecule has 0 bridgehead atoms. The van der Waals surface area contributed by atoms with Gasteiger partial charge in [-0.2, -0.15) is 0 Å². The molecule has 0 unspecified atom stereocenters. The summed E-state index contributed by atoms with van der Waals surface area (Å²) in [5, 5.41) is 10.2. The summed E-state index contributed by atoms with van der Waals surface area (Å²) >= 11 is 0. The summed E-state index contributed by atoms with van der Waals surface area (Å²) in [6, 6.07) is 5.20. The van der Waals surface area contributed by atoms with Crippen LogP contribution in [0.5, 0.6) is 0 Å². The number of aliphatic hydroxyl groups is 1. The summed E-state index contributed by atoms with van der Waals surface area (Å²) in [6.45, 7) is 9.48. The van der Waals surface area contributed by atoms with Gasteiger partial charge in [-0.05, 0) is 23.6 Å². The van der Waals surface area contributed by atoms with Crippen molar-refractivity contribution >= 4 is 16.9 Å². The predicted octanol–water partition coefficient (Wildman–Crippen LogP) is 1.02. The lowest BCUT2D eigenvalue weighted by Crippen LogP contribution is -2.51. The van der Waals surface area contributed by atoms with Gasteiger partial charge >= 0.3 is 5.69 Å². The Bertz CT molecular complexity index is 810. The van der Waals surface area contributed by atoms with E-state index in [0.29, 0.717) is 36.2 Å². The Balaban J connectivity index is 1.61. The Morgan fingerprint density at radius 3 is 2.44 bits per heavy atom. The van der Waals surface area contributed by atoms with Gasteiger partial charge in [0.25, 0.3) is 5.91 Å². The smallest absolute Gasteiger partial charge is 0.323 e. The van der Waals surface area contributed by atoms with Gasteiger partial charge in [0.15, 0.2) is 0 Å². The molecule has 25 heavy (non-hydrogen) atoms. The van der Waals surface area contributed by atoms with Gasteiger partial charge in [0.1, 0.15) is 0 Å². The SMILES string of the molecule is CC(C)(C)[C@@H](O)CN1CCN(C(=O)c2ccc3[nH]c(=O)[nH]c3c2)CC1. The number of hydrogen-bond acceptors (Lipinski definition) is 4. The third kappa shape index (κ3) is 3.93. The summed E-state index contributed by atoms with van der Waals surface area (Å²) in [5.41, 5.74) is 1.50. The molecule has 0 aliphatic carbocycles. The van der Waals surface area contributed by atoms with Crippen molar-refractivity contribution in [1.82, 2.24) is 19.8 Å². The number of amides is 1. The number of fused-ring (bicyclic) bond motifs is 1. The second kappa shape index (κ2) is 6.65. The summed E-state index contributed by atoms with van der Waals surface area (Å²) in [5.74, 6) is -0.0278. The largest absolute Gasteiger partial charge is 0.391 e. The first kappa shape index (κ1) is 17.7. The zero-order valence-electron chi connectivity index (χ0n) is 15.0. The predicted molar refractivity (Wildman–Crippen MR) is 96.7 cm³/mol. The van der Waals surface area contributed by atoms with Crippen molar-refractivity contribution in [2.75, 3.05) is 32.7 Å². The van der Waals surface area contributed by atoms with Crippen LogP contribution >= 0.6 is 0 Å². The van der Waals surface area contributed by atoms with E-state index in [1.807, 2.05) is 25.7 Å². The number of aliphatic hydroxyl groups excluding tert-OH is 1. The summed E-state index contributed by atoms with van der Waals surface area (Å²) in [7, 11) is 0. The van der Waals surface area contributed by atoms with Gasteiger partial charge in [0.05, 0.1) is 17.1 Å². The van der Waals surface area contributed by atoms with E-state index in [1.54, 1.807) is 18.2 Å². The van der Waals surface area contributed by atoms with Crippen LogP contribution in [-0.4, -0.2) is 69.6 Å². The normalized spacial score (nSPS) is 17.8. The molecule has 3 N–H and O–H groups in total. The first-order chi connectivity index (χ1) is 11.7. The number of nitrogens with zero attached hydrogens (tertiary/aromatic N) is 2. The minimum atomic E-state index is -0.387. The topological polar surface area (TPSA) is 92.4 Å². The number of nitrogens with one attached hydrogen (secondary N) is 2. The van der Waals surface area contributed by atoms with Gasteiger partial charge in [-0.15, -0.1) is 0 Å². The summed E-state index contributed by atoms with van der Waals surface area (Å²) < 4.78 is 0. The Morgan fingerprint density at radius 1 is 1.16 bits per heavy atom. The Morgan fingerprint density at radius 2 is 1.80 bits per heavy atom. The highest BCUT2D eigenvalue weighted by Crippen LogP contribution is 2.20. The molecule has 1 atom stereocenters. The van der Waals surface area contributed by atoms with Gasteiger partial charge < -0.3 is 20.0 Å². The van der Waals surface area contributed by atoms with Crippen molar-refractivity contribution < 1.29 is 9.90 Å². The number of aromatic nitrogens is 2. The highest BCUT2D eigenvalue weighted by molar-refractivity contribution is 5.97. The number of rotatable bonds is 3. The molecule has 2 aromatic rings. The molecule has 0 spiro atoms. The molecule has 1 amide bonds. The lowest BCUT2D eigenvalue weighted by Gasteiger charge is -2.38. The molecular weight excluding hydrogens is 320 g/mol. The molecule has 7 heteroatoms. The van der Waals surface area contributed by atoms with E-state index in [-0.39, 0.29) is 23.1 Å². The molecule has 3 rings (SSSR count). The van der Waals surface area contributed by atoms with Crippen molar-refractivity contribution in [2.45, 2.75) is 26.9 Å². The second-order valence-electron chi connectivity index (χ2n) is 7.81. The molecular formula is C18H26N4O3. The van der Waals surface area contributed by atoms with Gasteiger partial charge in [-0.3, -0.25) is 9.69 Å². The fraction of sp³-hybridized carbons (Fsp3) is 0.556. The number of H-pyrrole nitrogens is 2. The molecule has 1 aliphatic heterocycles. The Hall–Kier alpha value is -2.12. The molecule has 7 nitrogen and oxygen atoms in total. The van der Waals surface area contributed by atoms with Crippen molar-refractivity contribution in [1.29, 1.82) is 0 Å². The standard InChI is InChI=1S/C18H26N4O3/c1-18(2,3)15(23)11-21-6-8-22(9-7-21)16(24)12-4-5-13-14(10-12)20-17(25)19-13/h4-5,10,15,23H,6-9,11H2,1-3H3,(H2,19,20,25)/t15-/m0/s1. The molecule has 0 radical (unpaired) electrons. The molecule has 2 heterocycles. The average Bonchev–Trinajstić information content (AvgIpc) is 2.93. The van der Waals surface area contributed by atoms with E-state index in [0.717, 1.165) is 13.1 Å². The van der Waals surface area contributed by atoms with Crippen LogP contribution in [0, 0.1) is 5.41 Å². The molecule has 0 saturated carbocycles. The second-order valence-corrected chi connectivity index (χ2v) is 7.81. The van der Waals surface area contributed by atoms with Crippen molar-refractivity contribution in [3.63, 3.8) is 0 Å². The van der Waals surface area contributed by atoms with Gasteiger partial charge in [-0.25, -0.2) is 4.79 Å². The van der Waals surface area contributed by atoms with Crippen LogP contribution in [0.25, 0.3) is 11.0 Å². The van der Waals surface area contributed by atoms with Crippen LogP contribution in [0.3, 0.4) is 0 Å². The number of carbonyl (C=O) groups excluding carboxylic acids is 1. The first-order valence-electron chi connectivity index (χ1n) is 8.66. The van der Waals surface area contributed by atoms with Gasteiger partial charge in [-0.1, -0.05) is 20.8 Å². The van der Waals surface area contributed by atoms with E-state index >= 15 is 0 Å². The van der Waals surface area contributed by atoms with Gasteiger partial charge in [0, 0.05) is 38.3 Å². The van der Waals surface area contributed by atoms with E-state index in [2.05, 4.69) is 14.9 Å². The fourth-order valence-electron chi connectivity index (χ4n) is 3.00. The number of imidazole rings is 1. The maximum Gasteiger partial charge on any atom is 0.323 e. The molecule has 136 valence electrons. The molecule has 1 saturated heterocycles. The minimum Gasteiger partial charge on any atom is -0.391 e. The zero-order valence-corrected chi connectivity index (χ0v) is 15.0. The number of carbonyl (C=O) groups is 1.